The van der Waals surface area contributed by atoms with Crippen molar-refractivity contribution in [2.45, 2.75) is 13.0 Å². The van der Waals surface area contributed by atoms with E-state index in [4.69, 9.17) is 5.11 Å². The van der Waals surface area contributed by atoms with E-state index in [0.29, 0.717) is 5.52 Å². The number of H-pyrrole nitrogens is 1. The molecule has 0 unspecified atom stereocenters. The normalized spacial score (nSPS) is 12.3. The fraction of sp³-hybridized carbons (Fsp3) is 0.250. The zero-order valence-corrected chi connectivity index (χ0v) is 10.2. The van der Waals surface area contributed by atoms with Crippen LogP contribution in [0.3, 0.4) is 0 Å². The summed E-state index contributed by atoms with van der Waals surface area (Å²) in [6.07, 6.45) is 0.696. The number of carbonyl (C=O) groups excluding carboxylic acids is 1. The highest BCUT2D eigenvalue weighted by molar-refractivity contribution is 6.00. The van der Waals surface area contributed by atoms with Gasteiger partial charge in [0, 0.05) is 12.7 Å². The van der Waals surface area contributed by atoms with Crippen LogP contribution in [0, 0.1) is 0 Å². The highest BCUT2D eigenvalue weighted by Gasteiger charge is 2.19. The highest BCUT2D eigenvalue weighted by atomic mass is 16.3. The van der Waals surface area contributed by atoms with Gasteiger partial charge in [-0.2, -0.15) is 0 Å². The first-order chi connectivity index (χ1) is 9.00. The van der Waals surface area contributed by atoms with Crippen LogP contribution in [0.2, 0.25) is 0 Å². The average molecular weight is 263 g/mol. The standard InChI is InChI=1S/C12H13N3O4/c1-6(16)5-14-11(18)8-10(17)9-7(15-12(8)19)3-2-4-13-9/h2-4,6,16H,5H2,1H3,(H,14,18)(H2,15,17,19)/t6-/m1/s1. The molecule has 0 bridgehead atoms. The smallest absolute Gasteiger partial charge is 0.265 e. The molecule has 0 saturated carbocycles. The molecule has 2 heterocycles. The minimum atomic E-state index is -0.757. The van der Waals surface area contributed by atoms with Crippen molar-refractivity contribution in [3.05, 3.63) is 34.2 Å². The topological polar surface area (TPSA) is 115 Å². The van der Waals surface area contributed by atoms with Gasteiger partial charge in [-0.15, -0.1) is 0 Å². The maximum atomic E-state index is 11.8. The zero-order chi connectivity index (χ0) is 14.0. The molecule has 2 rings (SSSR count). The van der Waals surface area contributed by atoms with Gasteiger partial charge >= 0.3 is 0 Å². The summed E-state index contributed by atoms with van der Waals surface area (Å²) in [5, 5.41) is 21.4. The van der Waals surface area contributed by atoms with Gasteiger partial charge in [0.1, 0.15) is 11.1 Å². The van der Waals surface area contributed by atoms with E-state index in [0.717, 1.165) is 0 Å². The van der Waals surface area contributed by atoms with Gasteiger partial charge in [0.25, 0.3) is 11.5 Å². The van der Waals surface area contributed by atoms with Crippen LogP contribution in [0.4, 0.5) is 0 Å². The van der Waals surface area contributed by atoms with E-state index < -0.39 is 28.9 Å². The lowest BCUT2D eigenvalue weighted by atomic mass is 10.2. The predicted octanol–water partition coefficient (Wildman–Crippen LogP) is -0.261. The number of aromatic amines is 1. The van der Waals surface area contributed by atoms with Crippen molar-refractivity contribution in [3.63, 3.8) is 0 Å². The number of aliphatic hydroxyl groups excluding tert-OH is 1. The van der Waals surface area contributed by atoms with Crippen molar-refractivity contribution in [2.24, 2.45) is 0 Å². The molecule has 0 fully saturated rings. The third-order valence-corrected chi connectivity index (χ3v) is 2.53. The molecule has 0 aliphatic heterocycles. The molecule has 100 valence electrons. The first-order valence-electron chi connectivity index (χ1n) is 5.67. The quantitative estimate of drug-likeness (QED) is 0.609. The fourth-order valence-electron chi connectivity index (χ4n) is 1.65. The molecule has 1 atom stereocenters. The number of aromatic nitrogens is 2. The number of rotatable bonds is 3. The summed E-state index contributed by atoms with van der Waals surface area (Å²) in [7, 11) is 0. The molecule has 4 N–H and O–H groups in total. The van der Waals surface area contributed by atoms with Gasteiger partial charge in [-0.25, -0.2) is 0 Å². The van der Waals surface area contributed by atoms with Crippen molar-refractivity contribution in [1.29, 1.82) is 0 Å². The Kier molecular flexibility index (Phi) is 3.48. The Morgan fingerprint density at radius 1 is 1.58 bits per heavy atom. The number of hydrogen-bond acceptors (Lipinski definition) is 5. The SMILES string of the molecule is C[C@@H](O)CNC(=O)c1c(O)c2ncccc2[nH]c1=O. The summed E-state index contributed by atoms with van der Waals surface area (Å²) < 4.78 is 0. The van der Waals surface area contributed by atoms with Gasteiger partial charge in [0.2, 0.25) is 0 Å². The van der Waals surface area contributed by atoms with Crippen LogP contribution < -0.4 is 10.9 Å². The number of aliphatic hydroxyl groups is 1. The van der Waals surface area contributed by atoms with Gasteiger partial charge in [-0.3, -0.25) is 14.6 Å². The van der Waals surface area contributed by atoms with Gasteiger partial charge in [-0.1, -0.05) is 0 Å². The van der Waals surface area contributed by atoms with Crippen LogP contribution in [0.25, 0.3) is 11.0 Å². The molecule has 19 heavy (non-hydrogen) atoms. The van der Waals surface area contributed by atoms with Gasteiger partial charge in [0.05, 0.1) is 11.6 Å². The summed E-state index contributed by atoms with van der Waals surface area (Å²) in [6.45, 7) is 1.48. The second-order valence-corrected chi connectivity index (χ2v) is 4.14. The molecule has 7 heteroatoms. The second kappa shape index (κ2) is 5.07. The van der Waals surface area contributed by atoms with E-state index in [1.165, 1.54) is 13.1 Å². The van der Waals surface area contributed by atoms with Crippen LogP contribution >= 0.6 is 0 Å². The fourth-order valence-corrected chi connectivity index (χ4v) is 1.65. The van der Waals surface area contributed by atoms with E-state index in [-0.39, 0.29) is 12.1 Å². The molecule has 0 aliphatic carbocycles. The molecule has 0 radical (unpaired) electrons. The summed E-state index contributed by atoms with van der Waals surface area (Å²) >= 11 is 0. The van der Waals surface area contributed by atoms with Gasteiger partial charge in [-0.05, 0) is 19.1 Å². The van der Waals surface area contributed by atoms with E-state index in [9.17, 15) is 14.7 Å². The number of nitrogens with zero attached hydrogens (tertiary/aromatic N) is 1. The third kappa shape index (κ3) is 2.55. The maximum absolute atomic E-state index is 11.8. The maximum Gasteiger partial charge on any atom is 0.265 e. The monoisotopic (exact) mass is 263 g/mol. The van der Waals surface area contributed by atoms with E-state index >= 15 is 0 Å². The molecular weight excluding hydrogens is 250 g/mol. The number of aromatic hydroxyl groups is 1. The number of carbonyl (C=O) groups is 1. The second-order valence-electron chi connectivity index (χ2n) is 4.14. The summed E-state index contributed by atoms with van der Waals surface area (Å²) in [4.78, 5) is 30.0. The molecule has 2 aromatic rings. The number of pyridine rings is 2. The average Bonchev–Trinajstić information content (AvgIpc) is 2.36. The van der Waals surface area contributed by atoms with Crippen molar-refractivity contribution in [3.8, 4) is 5.75 Å². The highest BCUT2D eigenvalue weighted by Crippen LogP contribution is 2.21. The van der Waals surface area contributed by atoms with Gasteiger partial charge < -0.3 is 20.5 Å². The lowest BCUT2D eigenvalue weighted by molar-refractivity contribution is 0.0920. The van der Waals surface area contributed by atoms with Gasteiger partial charge in [0.15, 0.2) is 5.75 Å². The summed E-state index contributed by atoms with van der Waals surface area (Å²) in [5.41, 5.74) is -0.630. The molecule has 0 spiro atoms. The van der Waals surface area contributed by atoms with Crippen LogP contribution in [0.5, 0.6) is 5.75 Å². The molecule has 1 amide bonds. The minimum Gasteiger partial charge on any atom is -0.505 e. The Bertz CT molecular complexity index is 678. The molecular formula is C12H13N3O4. The Morgan fingerprint density at radius 3 is 3.00 bits per heavy atom. The number of fused-ring (bicyclic) bond motifs is 1. The first-order valence-corrected chi connectivity index (χ1v) is 5.67. The Labute approximate surface area is 107 Å². The van der Waals surface area contributed by atoms with E-state index in [2.05, 4.69) is 15.3 Å². The Morgan fingerprint density at radius 2 is 2.32 bits per heavy atom. The Balaban J connectivity index is 2.49. The largest absolute Gasteiger partial charge is 0.505 e. The number of amides is 1. The summed E-state index contributed by atoms with van der Waals surface area (Å²) in [5.74, 6) is -1.23. The van der Waals surface area contributed by atoms with Crippen molar-refractivity contribution in [2.75, 3.05) is 6.54 Å². The molecule has 0 aliphatic rings. The number of nitrogens with one attached hydrogen (secondary N) is 2. The van der Waals surface area contributed by atoms with Crippen LogP contribution in [-0.4, -0.2) is 38.7 Å². The predicted molar refractivity (Wildman–Crippen MR) is 68.0 cm³/mol. The van der Waals surface area contributed by atoms with Crippen molar-refractivity contribution in [1.82, 2.24) is 15.3 Å². The minimum absolute atomic E-state index is 0.0159. The Hall–Kier alpha value is -2.41. The van der Waals surface area contributed by atoms with Crippen LogP contribution in [0.1, 0.15) is 17.3 Å². The van der Waals surface area contributed by atoms with Crippen molar-refractivity contribution < 1.29 is 15.0 Å². The lowest BCUT2D eigenvalue weighted by Crippen LogP contribution is -2.34. The van der Waals surface area contributed by atoms with E-state index in [1.54, 1.807) is 12.1 Å². The molecule has 0 saturated heterocycles. The van der Waals surface area contributed by atoms with Crippen molar-refractivity contribution >= 4 is 16.9 Å². The lowest BCUT2D eigenvalue weighted by Gasteiger charge is -2.08. The zero-order valence-electron chi connectivity index (χ0n) is 10.2. The van der Waals surface area contributed by atoms with E-state index in [1.807, 2.05) is 0 Å². The first kappa shape index (κ1) is 13.0. The number of hydrogen-bond donors (Lipinski definition) is 4. The molecule has 2 aromatic heterocycles. The van der Waals surface area contributed by atoms with Crippen LogP contribution in [-0.2, 0) is 0 Å². The molecule has 0 aromatic carbocycles. The summed E-state index contributed by atoms with van der Waals surface area (Å²) in [6, 6.07) is 3.17. The van der Waals surface area contributed by atoms with Crippen LogP contribution in [0.15, 0.2) is 23.1 Å². The molecule has 7 nitrogen and oxygen atoms in total. The third-order valence-electron chi connectivity index (χ3n) is 2.53.